The maximum Gasteiger partial charge on any atom is 0.195 e. The van der Waals surface area contributed by atoms with Crippen LogP contribution < -0.4 is 5.32 Å². The number of nitrogens with zero attached hydrogens (tertiary/aromatic N) is 3. The molecule has 1 fully saturated rings. The van der Waals surface area contributed by atoms with Gasteiger partial charge < -0.3 is 5.32 Å². The van der Waals surface area contributed by atoms with E-state index in [1.165, 1.54) is 6.07 Å². The number of nitriles is 1. The number of halogens is 2. The normalized spacial score (nSPS) is 20.9. The number of likely N-dealkylation sites (tertiary alicyclic amines) is 1. The molecular formula is C19H24ClFN4S. The van der Waals surface area contributed by atoms with Gasteiger partial charge in [-0.3, -0.25) is 4.90 Å². The SMILES string of the molecule is CC1(C)CN(C(C)(C)C)CCC1Nc1c(F)cc2sc(C#N)nc2c1Cl. The molecule has 140 valence electrons. The van der Waals surface area contributed by atoms with Crippen LogP contribution in [-0.2, 0) is 0 Å². The molecule has 1 aromatic heterocycles. The van der Waals surface area contributed by atoms with Crippen molar-refractivity contribution in [3.63, 3.8) is 0 Å². The molecule has 7 heteroatoms. The fraction of sp³-hybridized carbons (Fsp3) is 0.579. The Kier molecular flexibility index (Phi) is 4.93. The summed E-state index contributed by atoms with van der Waals surface area (Å²) in [5.74, 6) is -0.398. The predicted octanol–water partition coefficient (Wildman–Crippen LogP) is 5.27. The van der Waals surface area contributed by atoms with E-state index in [-0.39, 0.29) is 32.7 Å². The van der Waals surface area contributed by atoms with Gasteiger partial charge in [-0.25, -0.2) is 9.37 Å². The average molecular weight is 395 g/mol. The maximum atomic E-state index is 14.7. The summed E-state index contributed by atoms with van der Waals surface area (Å²) >= 11 is 7.60. The van der Waals surface area contributed by atoms with Crippen LogP contribution in [0.15, 0.2) is 6.07 Å². The second-order valence-electron chi connectivity index (χ2n) is 8.59. The Labute approximate surface area is 163 Å². The Balaban J connectivity index is 1.90. The summed E-state index contributed by atoms with van der Waals surface area (Å²) in [5, 5.41) is 12.9. The van der Waals surface area contributed by atoms with Crippen molar-refractivity contribution in [2.24, 2.45) is 5.41 Å². The minimum Gasteiger partial charge on any atom is -0.378 e. The van der Waals surface area contributed by atoms with Gasteiger partial charge in [0.25, 0.3) is 0 Å². The molecule has 0 amide bonds. The molecular weight excluding hydrogens is 371 g/mol. The smallest absolute Gasteiger partial charge is 0.195 e. The van der Waals surface area contributed by atoms with Crippen molar-refractivity contribution in [1.82, 2.24) is 9.88 Å². The molecule has 3 rings (SSSR count). The standard InChI is InChI=1S/C19H24ClFN4S/c1-18(2,3)25-7-6-13(19(4,5)10-25)23-16-11(21)8-12-17(15(16)20)24-14(9-22)26-12/h8,13,23H,6-7,10H2,1-5H3. The van der Waals surface area contributed by atoms with Crippen LogP contribution in [-0.4, -0.2) is 34.6 Å². The summed E-state index contributed by atoms with van der Waals surface area (Å²) < 4.78 is 15.3. The van der Waals surface area contributed by atoms with Crippen molar-refractivity contribution < 1.29 is 4.39 Å². The van der Waals surface area contributed by atoms with Crippen LogP contribution in [0, 0.1) is 22.6 Å². The van der Waals surface area contributed by atoms with E-state index < -0.39 is 5.82 Å². The number of fused-ring (bicyclic) bond motifs is 1. The lowest BCUT2D eigenvalue weighted by atomic mass is 9.77. The molecule has 1 atom stereocenters. The van der Waals surface area contributed by atoms with E-state index in [1.807, 2.05) is 6.07 Å². The molecule has 0 radical (unpaired) electrons. The number of anilines is 1. The van der Waals surface area contributed by atoms with Crippen molar-refractivity contribution in [1.29, 1.82) is 5.26 Å². The van der Waals surface area contributed by atoms with E-state index in [0.29, 0.717) is 10.2 Å². The van der Waals surface area contributed by atoms with Crippen molar-refractivity contribution in [2.75, 3.05) is 18.4 Å². The third-order valence-corrected chi connectivity index (χ3v) is 6.44. The summed E-state index contributed by atoms with van der Waals surface area (Å²) in [4.78, 5) is 6.68. The topological polar surface area (TPSA) is 52.0 Å². The first-order valence-corrected chi connectivity index (χ1v) is 9.92. The molecule has 4 nitrogen and oxygen atoms in total. The quantitative estimate of drug-likeness (QED) is 0.753. The molecule has 1 aliphatic heterocycles. The molecule has 2 heterocycles. The first-order valence-electron chi connectivity index (χ1n) is 8.73. The number of aromatic nitrogens is 1. The molecule has 1 N–H and O–H groups in total. The molecule has 1 saturated heterocycles. The van der Waals surface area contributed by atoms with Crippen LogP contribution in [0.5, 0.6) is 0 Å². The van der Waals surface area contributed by atoms with Crippen LogP contribution in [0.1, 0.15) is 46.0 Å². The zero-order valence-corrected chi connectivity index (χ0v) is 17.4. The van der Waals surface area contributed by atoms with E-state index in [0.717, 1.165) is 30.8 Å². The molecule has 1 aromatic carbocycles. The summed E-state index contributed by atoms with van der Waals surface area (Å²) in [5.41, 5.74) is 0.840. The van der Waals surface area contributed by atoms with Gasteiger partial charge in [-0.2, -0.15) is 5.26 Å². The molecule has 1 aliphatic rings. The number of rotatable bonds is 2. The third kappa shape index (κ3) is 3.53. The van der Waals surface area contributed by atoms with Gasteiger partial charge in [-0.1, -0.05) is 25.4 Å². The van der Waals surface area contributed by atoms with Crippen LogP contribution in [0.3, 0.4) is 0 Å². The number of hydrogen-bond acceptors (Lipinski definition) is 5. The van der Waals surface area contributed by atoms with Gasteiger partial charge in [-0.15, -0.1) is 11.3 Å². The molecule has 1 unspecified atom stereocenters. The molecule has 0 saturated carbocycles. The van der Waals surface area contributed by atoms with Crippen molar-refractivity contribution in [3.8, 4) is 6.07 Å². The maximum absolute atomic E-state index is 14.7. The summed E-state index contributed by atoms with van der Waals surface area (Å²) in [7, 11) is 0. The number of nitrogens with one attached hydrogen (secondary N) is 1. The second-order valence-corrected chi connectivity index (χ2v) is 10.0. The Hall–Kier alpha value is -1.42. The third-order valence-electron chi connectivity index (χ3n) is 5.17. The fourth-order valence-electron chi connectivity index (χ4n) is 3.55. The van der Waals surface area contributed by atoms with E-state index in [4.69, 9.17) is 16.9 Å². The highest BCUT2D eigenvalue weighted by Crippen LogP contribution is 2.40. The molecule has 2 aromatic rings. The Morgan fingerprint density at radius 3 is 2.73 bits per heavy atom. The molecule has 0 spiro atoms. The van der Waals surface area contributed by atoms with Gasteiger partial charge in [0.2, 0.25) is 0 Å². The predicted molar refractivity (Wildman–Crippen MR) is 106 cm³/mol. The molecule has 0 bridgehead atoms. The Morgan fingerprint density at radius 2 is 2.15 bits per heavy atom. The Morgan fingerprint density at radius 1 is 1.46 bits per heavy atom. The fourth-order valence-corrected chi connectivity index (χ4v) is 4.69. The van der Waals surface area contributed by atoms with Gasteiger partial charge in [0.05, 0.1) is 15.4 Å². The minimum atomic E-state index is -0.398. The van der Waals surface area contributed by atoms with Gasteiger partial charge in [-0.05, 0) is 38.7 Å². The zero-order valence-electron chi connectivity index (χ0n) is 15.8. The molecule has 26 heavy (non-hydrogen) atoms. The minimum absolute atomic E-state index is 0.0455. The lowest BCUT2D eigenvalue weighted by Gasteiger charge is -2.49. The lowest BCUT2D eigenvalue weighted by Crippen LogP contribution is -2.56. The highest BCUT2D eigenvalue weighted by Gasteiger charge is 2.39. The monoisotopic (exact) mass is 394 g/mol. The number of hydrogen-bond donors (Lipinski definition) is 1. The first-order chi connectivity index (χ1) is 12.0. The van der Waals surface area contributed by atoms with Crippen molar-refractivity contribution in [2.45, 2.75) is 52.6 Å². The van der Waals surface area contributed by atoms with Crippen LogP contribution in [0.25, 0.3) is 10.2 Å². The summed E-state index contributed by atoms with van der Waals surface area (Å²) in [6, 6.07) is 3.51. The van der Waals surface area contributed by atoms with Crippen LogP contribution in [0.2, 0.25) is 5.02 Å². The number of piperidine rings is 1. The van der Waals surface area contributed by atoms with Crippen LogP contribution in [0.4, 0.5) is 10.1 Å². The first kappa shape index (κ1) is 19.3. The summed E-state index contributed by atoms with van der Waals surface area (Å²) in [6.07, 6.45) is 0.901. The molecule has 0 aliphatic carbocycles. The van der Waals surface area contributed by atoms with Gasteiger partial charge in [0.15, 0.2) is 5.01 Å². The Bertz CT molecular complexity index is 878. The van der Waals surface area contributed by atoms with Gasteiger partial charge >= 0.3 is 0 Å². The van der Waals surface area contributed by atoms with Crippen molar-refractivity contribution in [3.05, 3.63) is 21.9 Å². The van der Waals surface area contributed by atoms with E-state index in [9.17, 15) is 4.39 Å². The highest BCUT2D eigenvalue weighted by molar-refractivity contribution is 7.19. The zero-order chi connectivity index (χ0) is 19.3. The van der Waals surface area contributed by atoms with Gasteiger partial charge in [0.1, 0.15) is 17.4 Å². The lowest BCUT2D eigenvalue weighted by molar-refractivity contribution is 0.0351. The largest absolute Gasteiger partial charge is 0.378 e. The second kappa shape index (κ2) is 6.63. The number of thiazole rings is 1. The van der Waals surface area contributed by atoms with Crippen molar-refractivity contribution >= 4 is 38.8 Å². The summed E-state index contributed by atoms with van der Waals surface area (Å²) in [6.45, 7) is 12.9. The average Bonchev–Trinajstić information content (AvgIpc) is 2.94. The van der Waals surface area contributed by atoms with E-state index in [2.05, 4.69) is 49.8 Å². The van der Waals surface area contributed by atoms with Crippen LogP contribution >= 0.6 is 22.9 Å². The highest BCUT2D eigenvalue weighted by atomic mass is 35.5. The number of benzene rings is 1. The van der Waals surface area contributed by atoms with E-state index >= 15 is 0 Å². The van der Waals surface area contributed by atoms with Gasteiger partial charge in [0, 0.05) is 24.7 Å². The van der Waals surface area contributed by atoms with E-state index in [1.54, 1.807) is 0 Å².